The number of carboxylic acids is 1. The van der Waals surface area contributed by atoms with Crippen LogP contribution in [-0.2, 0) is 30.4 Å². The minimum absolute atomic E-state index is 0.0561. The quantitative estimate of drug-likeness (QED) is 0.152. The predicted octanol–water partition coefficient (Wildman–Crippen LogP) is -2.53. The lowest BCUT2D eigenvalue weighted by molar-refractivity contribution is -0.143. The summed E-state index contributed by atoms with van der Waals surface area (Å²) < 4.78 is 0. The number of hydrogen-bond donors (Lipinski definition) is 7. The molecule has 9 N–H and O–H groups in total. The first kappa shape index (κ1) is 26.9. The molecule has 4 amide bonds. The lowest BCUT2D eigenvalue weighted by Crippen LogP contribution is -2.57. The van der Waals surface area contributed by atoms with Crippen LogP contribution in [0.25, 0.3) is 0 Å². The Hall–Kier alpha value is -3.13. The number of rotatable bonds is 14. The molecule has 1 aromatic heterocycles. The topological polar surface area (TPSA) is 222 Å². The fraction of sp³-hybridized carbons (Fsp3) is 0.556. The third-order valence-corrected chi connectivity index (χ3v) is 4.93. The molecule has 1 heterocycles. The summed E-state index contributed by atoms with van der Waals surface area (Å²) in [7, 11) is 0. The number of nitrogens with two attached hydrogens (primary N) is 2. The Kier molecular flexibility index (Phi) is 11.2. The van der Waals surface area contributed by atoms with Crippen molar-refractivity contribution in [3.8, 4) is 0 Å². The molecule has 0 aliphatic heterocycles. The third-order valence-electron chi connectivity index (χ3n) is 4.29. The molecule has 0 spiro atoms. The van der Waals surface area contributed by atoms with Gasteiger partial charge >= 0.3 is 5.97 Å². The van der Waals surface area contributed by atoms with Gasteiger partial charge < -0.3 is 37.5 Å². The van der Waals surface area contributed by atoms with Gasteiger partial charge in [0.1, 0.15) is 18.1 Å². The highest BCUT2D eigenvalue weighted by Gasteiger charge is 2.30. The molecule has 1 rings (SSSR count). The fourth-order valence-electron chi connectivity index (χ4n) is 2.58. The maximum absolute atomic E-state index is 12.9. The van der Waals surface area contributed by atoms with Crippen molar-refractivity contribution in [1.29, 1.82) is 0 Å². The van der Waals surface area contributed by atoms with E-state index in [9.17, 15) is 29.1 Å². The van der Waals surface area contributed by atoms with E-state index in [1.54, 1.807) is 6.26 Å². The van der Waals surface area contributed by atoms with Crippen LogP contribution in [0.5, 0.6) is 0 Å². The lowest BCUT2D eigenvalue weighted by atomic mass is 10.1. The molecule has 32 heavy (non-hydrogen) atoms. The van der Waals surface area contributed by atoms with Crippen LogP contribution in [0.3, 0.4) is 0 Å². The van der Waals surface area contributed by atoms with E-state index in [0.717, 1.165) is 0 Å². The molecule has 0 saturated heterocycles. The number of nitrogens with zero attached hydrogens (tertiary/aromatic N) is 1. The van der Waals surface area contributed by atoms with E-state index in [4.69, 9.17) is 11.5 Å². The number of carbonyl (C=O) groups is 5. The predicted molar refractivity (Wildman–Crippen MR) is 116 cm³/mol. The number of aliphatic carboxylic acids is 1. The standard InChI is InChI=1S/C18H29N7O6S/c1-9(19)15(27)24-12(5-10-7-21-8-22-10)17(29)23-11(3-4-32-2)16(28)25-13(18(30)31)6-14(20)26/h7-9,11-13H,3-6,19H2,1-2H3,(H2,20,26)(H,21,22)(H,23,29)(H,24,27)(H,25,28)(H,30,31). The van der Waals surface area contributed by atoms with Crippen molar-refractivity contribution in [1.82, 2.24) is 25.9 Å². The molecule has 0 bridgehead atoms. The summed E-state index contributed by atoms with van der Waals surface area (Å²) in [6.07, 6.45) is 4.33. The number of carboxylic acid groups (broad SMARTS) is 1. The number of H-pyrrole nitrogens is 1. The molecule has 0 aliphatic rings. The van der Waals surface area contributed by atoms with Gasteiger partial charge in [-0.25, -0.2) is 9.78 Å². The van der Waals surface area contributed by atoms with Crippen molar-refractivity contribution in [2.75, 3.05) is 12.0 Å². The van der Waals surface area contributed by atoms with E-state index in [1.165, 1.54) is 31.2 Å². The van der Waals surface area contributed by atoms with Gasteiger partial charge in [-0.2, -0.15) is 11.8 Å². The van der Waals surface area contributed by atoms with Crippen LogP contribution >= 0.6 is 11.8 Å². The second-order valence-corrected chi connectivity index (χ2v) is 8.03. The van der Waals surface area contributed by atoms with Crippen molar-refractivity contribution in [3.05, 3.63) is 18.2 Å². The average molecular weight is 472 g/mol. The highest BCUT2D eigenvalue weighted by Crippen LogP contribution is 2.05. The second-order valence-electron chi connectivity index (χ2n) is 7.04. The normalized spacial score (nSPS) is 14.5. The number of imidazole rings is 1. The van der Waals surface area contributed by atoms with Gasteiger partial charge in [0.25, 0.3) is 0 Å². The van der Waals surface area contributed by atoms with E-state index in [2.05, 4.69) is 25.9 Å². The number of primary amides is 1. The van der Waals surface area contributed by atoms with Crippen LogP contribution in [0.2, 0.25) is 0 Å². The van der Waals surface area contributed by atoms with Gasteiger partial charge in [0.15, 0.2) is 0 Å². The zero-order valence-corrected chi connectivity index (χ0v) is 18.6. The van der Waals surface area contributed by atoms with E-state index in [0.29, 0.717) is 11.4 Å². The van der Waals surface area contributed by atoms with Crippen molar-refractivity contribution in [2.24, 2.45) is 11.5 Å². The van der Waals surface area contributed by atoms with E-state index >= 15 is 0 Å². The van der Waals surface area contributed by atoms with Crippen molar-refractivity contribution in [2.45, 2.75) is 50.4 Å². The molecule has 0 aromatic carbocycles. The lowest BCUT2D eigenvalue weighted by Gasteiger charge is -2.24. The molecule has 0 radical (unpaired) electrons. The maximum atomic E-state index is 12.9. The van der Waals surface area contributed by atoms with Gasteiger partial charge in [-0.15, -0.1) is 0 Å². The Morgan fingerprint density at radius 2 is 1.69 bits per heavy atom. The van der Waals surface area contributed by atoms with Crippen LogP contribution in [0.1, 0.15) is 25.5 Å². The summed E-state index contributed by atoms with van der Waals surface area (Å²) in [5.74, 6) is -3.89. The summed E-state index contributed by atoms with van der Waals surface area (Å²) >= 11 is 1.42. The Labute approximate surface area is 188 Å². The summed E-state index contributed by atoms with van der Waals surface area (Å²) in [6, 6.07) is -4.58. The van der Waals surface area contributed by atoms with Crippen LogP contribution < -0.4 is 27.4 Å². The largest absolute Gasteiger partial charge is 0.480 e. The van der Waals surface area contributed by atoms with Crippen molar-refractivity contribution in [3.63, 3.8) is 0 Å². The van der Waals surface area contributed by atoms with Crippen molar-refractivity contribution >= 4 is 41.4 Å². The second kappa shape index (κ2) is 13.3. The molecule has 4 atom stereocenters. The Bertz CT molecular complexity index is 802. The molecular formula is C18H29N7O6S. The Morgan fingerprint density at radius 1 is 1.09 bits per heavy atom. The van der Waals surface area contributed by atoms with E-state index in [-0.39, 0.29) is 12.8 Å². The van der Waals surface area contributed by atoms with Gasteiger partial charge in [-0.3, -0.25) is 19.2 Å². The number of thioether (sulfide) groups is 1. The summed E-state index contributed by atoms with van der Waals surface area (Å²) in [5, 5.41) is 16.5. The number of aromatic amines is 1. The van der Waals surface area contributed by atoms with Gasteiger partial charge in [0, 0.05) is 18.3 Å². The van der Waals surface area contributed by atoms with Crippen LogP contribution in [0, 0.1) is 0 Å². The fourth-order valence-corrected chi connectivity index (χ4v) is 3.05. The van der Waals surface area contributed by atoms with Crippen LogP contribution in [0.4, 0.5) is 0 Å². The van der Waals surface area contributed by atoms with Gasteiger partial charge in [0.05, 0.1) is 18.8 Å². The van der Waals surface area contributed by atoms with E-state index in [1.807, 2.05) is 0 Å². The van der Waals surface area contributed by atoms with Crippen LogP contribution in [0.15, 0.2) is 12.5 Å². The number of nitrogens with one attached hydrogen (secondary N) is 4. The summed E-state index contributed by atoms with van der Waals surface area (Å²) in [4.78, 5) is 66.8. The number of carbonyl (C=O) groups excluding carboxylic acids is 4. The number of aromatic nitrogens is 2. The molecule has 1 aromatic rings. The highest BCUT2D eigenvalue weighted by molar-refractivity contribution is 7.98. The van der Waals surface area contributed by atoms with E-state index < -0.39 is 60.2 Å². The summed E-state index contributed by atoms with van der Waals surface area (Å²) in [6.45, 7) is 1.46. The molecule has 13 nitrogen and oxygen atoms in total. The molecule has 0 fully saturated rings. The average Bonchev–Trinajstić information content (AvgIpc) is 3.22. The van der Waals surface area contributed by atoms with Crippen molar-refractivity contribution < 1.29 is 29.1 Å². The minimum Gasteiger partial charge on any atom is -0.480 e. The molecule has 0 aliphatic carbocycles. The molecular weight excluding hydrogens is 442 g/mol. The smallest absolute Gasteiger partial charge is 0.326 e. The molecule has 0 saturated carbocycles. The minimum atomic E-state index is -1.53. The molecule has 4 unspecified atom stereocenters. The monoisotopic (exact) mass is 471 g/mol. The van der Waals surface area contributed by atoms with Gasteiger partial charge in [-0.1, -0.05) is 0 Å². The van der Waals surface area contributed by atoms with Crippen LogP contribution in [-0.4, -0.2) is 80.8 Å². The first-order valence-corrected chi connectivity index (χ1v) is 11.1. The molecule has 178 valence electrons. The summed E-state index contributed by atoms with van der Waals surface area (Å²) in [5.41, 5.74) is 11.2. The number of hydrogen-bond acceptors (Lipinski definition) is 8. The SMILES string of the molecule is CSCCC(NC(=O)C(Cc1cnc[nH]1)NC(=O)C(C)N)C(=O)NC(CC(N)=O)C(=O)O. The zero-order valence-electron chi connectivity index (χ0n) is 17.8. The van der Waals surface area contributed by atoms with Gasteiger partial charge in [0.2, 0.25) is 23.6 Å². The Balaban J connectivity index is 2.99. The van der Waals surface area contributed by atoms with Gasteiger partial charge in [-0.05, 0) is 25.4 Å². The first-order chi connectivity index (χ1) is 15.0. The maximum Gasteiger partial charge on any atom is 0.326 e. The highest BCUT2D eigenvalue weighted by atomic mass is 32.2. The zero-order chi connectivity index (χ0) is 24.3. The number of amides is 4. The third kappa shape index (κ3) is 9.34. The Morgan fingerprint density at radius 3 is 2.19 bits per heavy atom. The first-order valence-electron chi connectivity index (χ1n) is 9.69. The molecule has 14 heteroatoms.